The number of ether oxygens (including phenoxy) is 2. The van der Waals surface area contributed by atoms with Crippen molar-refractivity contribution in [2.24, 2.45) is 0 Å². The van der Waals surface area contributed by atoms with Crippen LogP contribution in [-0.4, -0.2) is 66.3 Å². The highest BCUT2D eigenvalue weighted by molar-refractivity contribution is 7.89. The standard InChI is InChI=1S/C26H31N5O7S/c1-5-18(3)28-39(35,36)23-16-21(31(33)34)10-11-22(23)38-26-19(4)24(25(32)29-12-14-37-15-13-29)27-30(26)20-8-6-17(2)7-9-20/h6-11,16,18,28H,5,12-15H2,1-4H3. The number of benzene rings is 2. The summed E-state index contributed by atoms with van der Waals surface area (Å²) in [6.07, 6.45) is 0.511. The number of aromatic nitrogens is 2. The molecule has 1 atom stereocenters. The van der Waals surface area contributed by atoms with Crippen molar-refractivity contribution in [3.05, 3.63) is 69.4 Å². The molecule has 0 spiro atoms. The highest BCUT2D eigenvalue weighted by atomic mass is 32.2. The number of amides is 1. The first-order valence-electron chi connectivity index (χ1n) is 12.5. The van der Waals surface area contributed by atoms with Crippen molar-refractivity contribution >= 4 is 21.6 Å². The Morgan fingerprint density at radius 2 is 1.85 bits per heavy atom. The van der Waals surface area contributed by atoms with E-state index in [2.05, 4.69) is 9.82 Å². The number of sulfonamides is 1. The molecule has 12 nitrogen and oxygen atoms in total. The van der Waals surface area contributed by atoms with Gasteiger partial charge in [-0.05, 0) is 45.4 Å². The van der Waals surface area contributed by atoms with Gasteiger partial charge in [0.1, 0.15) is 10.6 Å². The van der Waals surface area contributed by atoms with Crippen LogP contribution in [0.3, 0.4) is 0 Å². The van der Waals surface area contributed by atoms with Crippen molar-refractivity contribution in [2.75, 3.05) is 26.3 Å². The largest absolute Gasteiger partial charge is 0.437 e. The molecule has 0 radical (unpaired) electrons. The third-order valence-electron chi connectivity index (χ3n) is 6.45. The summed E-state index contributed by atoms with van der Waals surface area (Å²) in [5.74, 6) is -0.330. The van der Waals surface area contributed by atoms with Gasteiger partial charge in [-0.2, -0.15) is 9.78 Å². The molecule has 1 aliphatic rings. The van der Waals surface area contributed by atoms with Gasteiger partial charge in [0.05, 0.1) is 23.8 Å². The van der Waals surface area contributed by atoms with Crippen molar-refractivity contribution in [1.29, 1.82) is 0 Å². The van der Waals surface area contributed by atoms with Gasteiger partial charge in [0, 0.05) is 36.8 Å². The Balaban J connectivity index is 1.85. The van der Waals surface area contributed by atoms with E-state index in [0.29, 0.717) is 44.0 Å². The second kappa shape index (κ2) is 11.5. The smallest absolute Gasteiger partial charge is 0.274 e. The maximum Gasteiger partial charge on any atom is 0.274 e. The number of carbonyl (C=O) groups is 1. The second-order valence-electron chi connectivity index (χ2n) is 9.35. The van der Waals surface area contributed by atoms with Gasteiger partial charge in [0.25, 0.3) is 11.6 Å². The summed E-state index contributed by atoms with van der Waals surface area (Å²) in [4.78, 5) is 25.4. The molecule has 1 aromatic heterocycles. The molecule has 2 heterocycles. The van der Waals surface area contributed by atoms with Crippen molar-refractivity contribution in [2.45, 2.75) is 45.1 Å². The lowest BCUT2D eigenvalue weighted by atomic mass is 10.2. The molecule has 1 saturated heterocycles. The first-order chi connectivity index (χ1) is 18.5. The van der Waals surface area contributed by atoms with Crippen molar-refractivity contribution in [3.63, 3.8) is 0 Å². The second-order valence-corrected chi connectivity index (χ2v) is 11.0. The molecular formula is C26H31N5O7S. The summed E-state index contributed by atoms with van der Waals surface area (Å²) in [6.45, 7) is 8.76. The van der Waals surface area contributed by atoms with E-state index in [-0.39, 0.29) is 23.2 Å². The van der Waals surface area contributed by atoms with E-state index in [1.54, 1.807) is 30.9 Å². The minimum atomic E-state index is -4.20. The van der Waals surface area contributed by atoms with Gasteiger partial charge in [0.15, 0.2) is 5.69 Å². The molecule has 208 valence electrons. The molecule has 0 aliphatic carbocycles. The normalized spacial score (nSPS) is 14.7. The van der Waals surface area contributed by atoms with Crippen LogP contribution in [0.5, 0.6) is 11.6 Å². The van der Waals surface area contributed by atoms with Crippen LogP contribution in [0.25, 0.3) is 5.69 Å². The molecular weight excluding hydrogens is 526 g/mol. The van der Waals surface area contributed by atoms with Gasteiger partial charge in [-0.15, -0.1) is 0 Å². The summed E-state index contributed by atoms with van der Waals surface area (Å²) < 4.78 is 42.0. The van der Waals surface area contributed by atoms with Gasteiger partial charge in [-0.25, -0.2) is 13.1 Å². The molecule has 1 aliphatic heterocycles. The zero-order chi connectivity index (χ0) is 28.3. The average Bonchev–Trinajstić information content (AvgIpc) is 3.24. The lowest BCUT2D eigenvalue weighted by Gasteiger charge is -2.26. The Morgan fingerprint density at radius 1 is 1.18 bits per heavy atom. The maximum absolute atomic E-state index is 13.4. The van der Waals surface area contributed by atoms with Gasteiger partial charge >= 0.3 is 0 Å². The number of nitro groups is 1. The molecule has 4 rings (SSSR count). The van der Waals surface area contributed by atoms with Crippen LogP contribution in [0.2, 0.25) is 0 Å². The molecule has 0 saturated carbocycles. The maximum atomic E-state index is 13.4. The number of non-ortho nitro benzene ring substituents is 1. The Morgan fingerprint density at radius 3 is 2.46 bits per heavy atom. The Hall–Kier alpha value is -3.81. The third-order valence-corrected chi connectivity index (χ3v) is 8.06. The molecule has 0 bridgehead atoms. The molecule has 1 fully saturated rings. The lowest BCUT2D eigenvalue weighted by Crippen LogP contribution is -2.41. The van der Waals surface area contributed by atoms with E-state index in [9.17, 15) is 23.3 Å². The SMILES string of the molecule is CCC(C)NS(=O)(=O)c1cc([N+](=O)[O-])ccc1Oc1c(C)c(C(=O)N2CCOCC2)nn1-c1ccc(C)cc1. The van der Waals surface area contributed by atoms with Crippen LogP contribution >= 0.6 is 0 Å². The van der Waals surface area contributed by atoms with E-state index in [1.165, 1.54) is 16.8 Å². The summed E-state index contributed by atoms with van der Waals surface area (Å²) in [6, 6.07) is 10.3. The summed E-state index contributed by atoms with van der Waals surface area (Å²) >= 11 is 0. The number of nitrogens with one attached hydrogen (secondary N) is 1. The fourth-order valence-corrected chi connectivity index (χ4v) is 5.47. The van der Waals surface area contributed by atoms with E-state index in [1.807, 2.05) is 26.0 Å². The molecule has 1 amide bonds. The molecule has 39 heavy (non-hydrogen) atoms. The predicted octanol–water partition coefficient (Wildman–Crippen LogP) is 3.74. The van der Waals surface area contributed by atoms with Gasteiger partial charge in [-0.3, -0.25) is 14.9 Å². The van der Waals surface area contributed by atoms with Crippen LogP contribution in [0, 0.1) is 24.0 Å². The number of hydrogen-bond donors (Lipinski definition) is 1. The monoisotopic (exact) mass is 557 g/mol. The average molecular weight is 558 g/mol. The fraction of sp³-hybridized carbons (Fsp3) is 0.385. The summed E-state index contributed by atoms with van der Waals surface area (Å²) in [5, 5.41) is 16.0. The summed E-state index contributed by atoms with van der Waals surface area (Å²) in [5.41, 5.74) is 1.73. The first kappa shape index (κ1) is 28.2. The number of hydrogen-bond acceptors (Lipinski definition) is 8. The highest BCUT2D eigenvalue weighted by Crippen LogP contribution is 2.36. The van der Waals surface area contributed by atoms with Crippen molar-refractivity contribution in [1.82, 2.24) is 19.4 Å². The number of carbonyl (C=O) groups excluding carboxylic acids is 1. The van der Waals surface area contributed by atoms with Crippen molar-refractivity contribution < 1.29 is 27.6 Å². The molecule has 3 aromatic rings. The van der Waals surface area contributed by atoms with Gasteiger partial charge in [0.2, 0.25) is 15.9 Å². The quantitative estimate of drug-likeness (QED) is 0.309. The minimum absolute atomic E-state index is 0.115. The van der Waals surface area contributed by atoms with Crippen LogP contribution in [0.4, 0.5) is 5.69 Å². The number of aryl methyl sites for hydroxylation is 1. The lowest BCUT2D eigenvalue weighted by molar-refractivity contribution is -0.385. The summed E-state index contributed by atoms with van der Waals surface area (Å²) in [7, 11) is -4.20. The van der Waals surface area contributed by atoms with Crippen LogP contribution in [0.1, 0.15) is 41.9 Å². The van der Waals surface area contributed by atoms with Crippen LogP contribution in [0.15, 0.2) is 47.4 Å². The first-order valence-corrected chi connectivity index (χ1v) is 14.0. The topological polar surface area (TPSA) is 146 Å². The zero-order valence-electron chi connectivity index (χ0n) is 22.2. The van der Waals surface area contributed by atoms with Gasteiger partial charge < -0.3 is 14.4 Å². The molecule has 2 aromatic carbocycles. The van der Waals surface area contributed by atoms with E-state index < -0.39 is 31.6 Å². The fourth-order valence-electron chi connectivity index (χ4n) is 4.00. The highest BCUT2D eigenvalue weighted by Gasteiger charge is 2.30. The Bertz CT molecular complexity index is 1480. The number of nitrogens with zero attached hydrogens (tertiary/aromatic N) is 4. The Labute approximate surface area is 226 Å². The molecule has 1 unspecified atom stereocenters. The Kier molecular flexibility index (Phi) is 8.33. The number of rotatable bonds is 9. The number of morpholine rings is 1. The number of nitro benzene ring substituents is 1. The van der Waals surface area contributed by atoms with Gasteiger partial charge in [-0.1, -0.05) is 24.6 Å². The molecule has 1 N–H and O–H groups in total. The van der Waals surface area contributed by atoms with E-state index in [4.69, 9.17) is 9.47 Å². The zero-order valence-corrected chi connectivity index (χ0v) is 23.0. The van der Waals surface area contributed by atoms with E-state index in [0.717, 1.165) is 11.6 Å². The van der Waals surface area contributed by atoms with Crippen LogP contribution in [-0.2, 0) is 14.8 Å². The minimum Gasteiger partial charge on any atom is -0.437 e. The van der Waals surface area contributed by atoms with E-state index >= 15 is 0 Å². The molecule has 13 heteroatoms. The van der Waals surface area contributed by atoms with Crippen LogP contribution < -0.4 is 9.46 Å². The third kappa shape index (κ3) is 6.10. The predicted molar refractivity (Wildman–Crippen MR) is 143 cm³/mol. The van der Waals surface area contributed by atoms with Crippen molar-refractivity contribution in [3.8, 4) is 17.3 Å².